The van der Waals surface area contributed by atoms with E-state index in [0.717, 1.165) is 12.1 Å². The molecular weight excluding hydrogens is 232 g/mol. The van der Waals surface area contributed by atoms with E-state index in [2.05, 4.69) is 23.6 Å². The zero-order valence-corrected chi connectivity index (χ0v) is 13.0. The average molecular weight is 264 g/mol. The van der Waals surface area contributed by atoms with Crippen LogP contribution in [-0.4, -0.2) is 48.1 Å². The lowest BCUT2D eigenvalue weighted by atomic mass is 9.75. The van der Waals surface area contributed by atoms with Crippen LogP contribution in [0.2, 0.25) is 0 Å². The first-order valence-electron chi connectivity index (χ1n) is 8.62. The van der Waals surface area contributed by atoms with Crippen LogP contribution in [0.4, 0.5) is 0 Å². The predicted molar refractivity (Wildman–Crippen MR) is 81.4 cm³/mol. The van der Waals surface area contributed by atoms with Gasteiger partial charge in [0.25, 0.3) is 0 Å². The summed E-state index contributed by atoms with van der Waals surface area (Å²) in [5.74, 6) is 0. The Morgan fingerprint density at radius 2 is 1.42 bits per heavy atom. The van der Waals surface area contributed by atoms with E-state index >= 15 is 0 Å². The van der Waals surface area contributed by atoms with E-state index in [4.69, 9.17) is 0 Å². The van der Waals surface area contributed by atoms with Crippen molar-refractivity contribution in [3.63, 3.8) is 0 Å². The van der Waals surface area contributed by atoms with Gasteiger partial charge in [-0.25, -0.2) is 0 Å². The lowest BCUT2D eigenvalue weighted by Gasteiger charge is -2.42. The highest BCUT2D eigenvalue weighted by Gasteiger charge is 2.33. The standard InChI is InChI=1S/C17H32N2/c1-17(2)9-7-15(8-10-17)19-13-5-12-18-11-4-3-6-16(18)14-19/h15-16H,3-14H2,1-2H3. The molecule has 0 radical (unpaired) electrons. The zero-order chi connectivity index (χ0) is 13.3. The van der Waals surface area contributed by atoms with Crippen molar-refractivity contribution in [3.05, 3.63) is 0 Å². The first-order chi connectivity index (χ1) is 9.14. The van der Waals surface area contributed by atoms with Crippen LogP contribution in [0.5, 0.6) is 0 Å². The summed E-state index contributed by atoms with van der Waals surface area (Å²) in [5, 5.41) is 0. The first-order valence-corrected chi connectivity index (χ1v) is 8.62. The van der Waals surface area contributed by atoms with E-state index < -0.39 is 0 Å². The van der Waals surface area contributed by atoms with Crippen LogP contribution in [0.1, 0.15) is 65.2 Å². The van der Waals surface area contributed by atoms with Crippen molar-refractivity contribution in [2.75, 3.05) is 26.2 Å². The fourth-order valence-corrected chi connectivity index (χ4v) is 4.48. The highest BCUT2D eigenvalue weighted by Crippen LogP contribution is 2.37. The second kappa shape index (κ2) is 5.73. The van der Waals surface area contributed by atoms with Gasteiger partial charge < -0.3 is 0 Å². The van der Waals surface area contributed by atoms with Crippen LogP contribution in [0.3, 0.4) is 0 Å². The van der Waals surface area contributed by atoms with Crippen molar-refractivity contribution >= 4 is 0 Å². The minimum Gasteiger partial charge on any atom is -0.299 e. The minimum absolute atomic E-state index is 0.610. The molecule has 2 saturated heterocycles. The fourth-order valence-electron chi connectivity index (χ4n) is 4.48. The quantitative estimate of drug-likeness (QED) is 0.715. The Labute approximate surface area is 119 Å². The highest BCUT2D eigenvalue weighted by molar-refractivity contribution is 4.89. The van der Waals surface area contributed by atoms with Gasteiger partial charge in [-0.1, -0.05) is 20.3 Å². The summed E-state index contributed by atoms with van der Waals surface area (Å²) in [6.07, 6.45) is 11.5. The summed E-state index contributed by atoms with van der Waals surface area (Å²) in [6.45, 7) is 10.4. The number of fused-ring (bicyclic) bond motifs is 1. The topological polar surface area (TPSA) is 6.48 Å². The van der Waals surface area contributed by atoms with Crippen LogP contribution in [0, 0.1) is 5.41 Å². The summed E-state index contributed by atoms with van der Waals surface area (Å²) in [7, 11) is 0. The monoisotopic (exact) mass is 264 g/mol. The van der Waals surface area contributed by atoms with Crippen LogP contribution in [-0.2, 0) is 0 Å². The second-order valence-electron chi connectivity index (χ2n) is 7.93. The molecule has 3 fully saturated rings. The van der Waals surface area contributed by atoms with Crippen LogP contribution >= 0.6 is 0 Å². The SMILES string of the molecule is CC1(C)CCC(N2CCCN3CCCCC3C2)CC1. The maximum atomic E-state index is 2.87. The van der Waals surface area contributed by atoms with Gasteiger partial charge in [0.15, 0.2) is 0 Å². The van der Waals surface area contributed by atoms with Gasteiger partial charge in [0.1, 0.15) is 0 Å². The molecule has 0 aromatic rings. The molecule has 1 aliphatic carbocycles. The summed E-state index contributed by atoms with van der Waals surface area (Å²) in [5.41, 5.74) is 0.610. The van der Waals surface area contributed by atoms with E-state index in [0.29, 0.717) is 5.41 Å². The van der Waals surface area contributed by atoms with Crippen molar-refractivity contribution in [2.45, 2.75) is 77.3 Å². The Hall–Kier alpha value is -0.0800. The molecule has 2 heteroatoms. The van der Waals surface area contributed by atoms with E-state index in [9.17, 15) is 0 Å². The number of rotatable bonds is 1. The molecule has 0 N–H and O–H groups in total. The third-order valence-corrected chi connectivity index (χ3v) is 5.91. The number of piperidine rings is 1. The molecule has 0 aromatic heterocycles. The maximum absolute atomic E-state index is 2.87. The van der Waals surface area contributed by atoms with Gasteiger partial charge in [-0.2, -0.15) is 0 Å². The smallest absolute Gasteiger partial charge is 0.0223 e. The van der Waals surface area contributed by atoms with E-state index in [1.807, 2.05) is 0 Å². The molecule has 2 heterocycles. The number of hydrogen-bond donors (Lipinski definition) is 0. The Morgan fingerprint density at radius 3 is 2.21 bits per heavy atom. The molecule has 1 unspecified atom stereocenters. The van der Waals surface area contributed by atoms with Crippen molar-refractivity contribution in [3.8, 4) is 0 Å². The lowest BCUT2D eigenvalue weighted by Crippen LogP contribution is -2.47. The molecule has 0 spiro atoms. The molecule has 1 atom stereocenters. The normalized spacial score (nSPS) is 34.7. The Bertz CT molecular complexity index is 290. The molecule has 1 saturated carbocycles. The van der Waals surface area contributed by atoms with Gasteiger partial charge in [0.05, 0.1) is 0 Å². The Morgan fingerprint density at radius 1 is 0.737 bits per heavy atom. The molecule has 2 nitrogen and oxygen atoms in total. The van der Waals surface area contributed by atoms with Gasteiger partial charge in [0.2, 0.25) is 0 Å². The van der Waals surface area contributed by atoms with Crippen LogP contribution in [0.15, 0.2) is 0 Å². The summed E-state index contributed by atoms with van der Waals surface area (Å²) >= 11 is 0. The van der Waals surface area contributed by atoms with E-state index in [1.54, 1.807) is 0 Å². The molecule has 2 aliphatic heterocycles. The van der Waals surface area contributed by atoms with Crippen molar-refractivity contribution in [2.24, 2.45) is 5.41 Å². The zero-order valence-electron chi connectivity index (χ0n) is 13.0. The van der Waals surface area contributed by atoms with Crippen molar-refractivity contribution in [1.82, 2.24) is 9.80 Å². The van der Waals surface area contributed by atoms with Gasteiger partial charge in [-0.15, -0.1) is 0 Å². The van der Waals surface area contributed by atoms with E-state index in [1.165, 1.54) is 77.5 Å². The van der Waals surface area contributed by atoms with Gasteiger partial charge in [-0.05, 0) is 70.0 Å². The molecule has 0 bridgehead atoms. The maximum Gasteiger partial charge on any atom is 0.0223 e. The highest BCUT2D eigenvalue weighted by atomic mass is 15.3. The Kier molecular flexibility index (Phi) is 4.19. The summed E-state index contributed by atoms with van der Waals surface area (Å²) in [6, 6.07) is 1.78. The minimum atomic E-state index is 0.610. The predicted octanol–water partition coefficient (Wildman–Crippen LogP) is 3.52. The van der Waals surface area contributed by atoms with Gasteiger partial charge in [0, 0.05) is 18.6 Å². The number of hydrogen-bond acceptors (Lipinski definition) is 2. The molecule has 19 heavy (non-hydrogen) atoms. The average Bonchev–Trinajstić information content (AvgIpc) is 2.60. The first kappa shape index (κ1) is 13.9. The van der Waals surface area contributed by atoms with Crippen LogP contribution in [0.25, 0.3) is 0 Å². The molecule has 110 valence electrons. The molecular formula is C17H32N2. The third kappa shape index (κ3) is 3.33. The molecule has 0 amide bonds. The largest absolute Gasteiger partial charge is 0.299 e. The lowest BCUT2D eigenvalue weighted by molar-refractivity contribution is 0.0826. The summed E-state index contributed by atoms with van der Waals surface area (Å²) < 4.78 is 0. The molecule has 0 aromatic carbocycles. The Balaban J connectivity index is 1.59. The third-order valence-electron chi connectivity index (χ3n) is 5.91. The van der Waals surface area contributed by atoms with Crippen molar-refractivity contribution in [1.29, 1.82) is 0 Å². The van der Waals surface area contributed by atoms with Gasteiger partial charge in [-0.3, -0.25) is 9.80 Å². The van der Waals surface area contributed by atoms with Gasteiger partial charge >= 0.3 is 0 Å². The number of nitrogens with zero attached hydrogens (tertiary/aromatic N) is 2. The van der Waals surface area contributed by atoms with Crippen LogP contribution < -0.4 is 0 Å². The fraction of sp³-hybridized carbons (Fsp3) is 1.00. The van der Waals surface area contributed by atoms with Crippen molar-refractivity contribution < 1.29 is 0 Å². The second-order valence-corrected chi connectivity index (χ2v) is 7.93. The molecule has 3 rings (SSSR count). The van der Waals surface area contributed by atoms with E-state index in [-0.39, 0.29) is 0 Å². The molecule has 3 aliphatic rings. The summed E-state index contributed by atoms with van der Waals surface area (Å²) in [4.78, 5) is 5.65.